The first-order valence-electron chi connectivity index (χ1n) is 10.7. The van der Waals surface area contributed by atoms with E-state index < -0.39 is 0 Å². The summed E-state index contributed by atoms with van der Waals surface area (Å²) in [4.78, 5) is 4.82. The minimum atomic E-state index is 0.341. The van der Waals surface area contributed by atoms with Crippen molar-refractivity contribution < 1.29 is 0 Å². The zero-order chi connectivity index (χ0) is 21.3. The molecule has 0 spiro atoms. The molecule has 0 amide bonds. The Morgan fingerprint density at radius 1 is 1.10 bits per heavy atom. The highest BCUT2D eigenvalue weighted by Gasteiger charge is 2.14. The Morgan fingerprint density at radius 3 is 2.57 bits per heavy atom. The summed E-state index contributed by atoms with van der Waals surface area (Å²) in [5, 5.41) is 20.5. The first kappa shape index (κ1) is 21.6. The van der Waals surface area contributed by atoms with Crippen molar-refractivity contribution in [3.63, 3.8) is 0 Å². The molecule has 0 fully saturated rings. The van der Waals surface area contributed by atoms with Gasteiger partial charge in [-0.25, -0.2) is 4.98 Å². The summed E-state index contributed by atoms with van der Waals surface area (Å²) in [6.07, 6.45) is 6.41. The first-order valence-corrected chi connectivity index (χ1v) is 10.7. The van der Waals surface area contributed by atoms with Crippen LogP contribution < -0.4 is 16.4 Å². The van der Waals surface area contributed by atoms with Gasteiger partial charge in [0.1, 0.15) is 11.6 Å². The third kappa shape index (κ3) is 5.49. The molecular formula is C23H31N7. The second kappa shape index (κ2) is 10.6. The van der Waals surface area contributed by atoms with E-state index in [9.17, 15) is 0 Å². The third-order valence-electron chi connectivity index (χ3n) is 5.11. The highest BCUT2D eigenvalue weighted by Crippen LogP contribution is 2.24. The summed E-state index contributed by atoms with van der Waals surface area (Å²) in [5.41, 5.74) is 9.33. The molecule has 4 N–H and O–H groups in total. The quantitative estimate of drug-likeness (QED) is 0.412. The molecule has 1 aromatic carbocycles. The first-order chi connectivity index (χ1) is 14.6. The van der Waals surface area contributed by atoms with Crippen molar-refractivity contribution in [2.45, 2.75) is 52.0 Å². The number of aromatic nitrogens is 3. The van der Waals surface area contributed by atoms with E-state index in [1.165, 1.54) is 12.8 Å². The number of nitrogens with two attached hydrogens (primary N) is 1. The lowest BCUT2D eigenvalue weighted by molar-refractivity contribution is 0.661. The minimum absolute atomic E-state index is 0.341. The Balaban J connectivity index is 1.76. The van der Waals surface area contributed by atoms with Crippen molar-refractivity contribution in [2.75, 3.05) is 23.7 Å². The predicted octanol–water partition coefficient (Wildman–Crippen LogP) is 4.27. The molecule has 0 saturated heterocycles. The fraction of sp³-hybridized carbons (Fsp3) is 0.435. The molecule has 0 aliphatic rings. The van der Waals surface area contributed by atoms with Gasteiger partial charge in [-0.3, -0.25) is 0 Å². The molecule has 2 aromatic heterocycles. The van der Waals surface area contributed by atoms with Crippen LogP contribution in [-0.4, -0.2) is 27.7 Å². The van der Waals surface area contributed by atoms with Gasteiger partial charge in [-0.05, 0) is 43.0 Å². The Morgan fingerprint density at radius 2 is 1.87 bits per heavy atom. The molecular weight excluding hydrogens is 374 g/mol. The molecule has 0 aliphatic carbocycles. The van der Waals surface area contributed by atoms with Gasteiger partial charge in [-0.15, -0.1) is 0 Å². The summed E-state index contributed by atoms with van der Waals surface area (Å²) >= 11 is 0. The third-order valence-corrected chi connectivity index (χ3v) is 5.11. The van der Waals surface area contributed by atoms with Crippen LogP contribution in [0.4, 0.5) is 11.6 Å². The van der Waals surface area contributed by atoms with Crippen LogP contribution in [0.2, 0.25) is 0 Å². The van der Waals surface area contributed by atoms with Gasteiger partial charge in [-0.1, -0.05) is 38.8 Å². The van der Waals surface area contributed by atoms with Gasteiger partial charge in [0.05, 0.1) is 17.8 Å². The molecule has 0 radical (unpaired) electrons. The number of rotatable bonds is 11. The van der Waals surface area contributed by atoms with E-state index in [2.05, 4.69) is 35.6 Å². The zero-order valence-corrected chi connectivity index (χ0v) is 17.9. The van der Waals surface area contributed by atoms with Gasteiger partial charge in [0.25, 0.3) is 0 Å². The number of nitrogens with one attached hydrogen (secondary N) is 2. The van der Waals surface area contributed by atoms with E-state index in [-0.39, 0.29) is 0 Å². The molecule has 0 atom stereocenters. The molecule has 3 rings (SSSR count). The van der Waals surface area contributed by atoms with E-state index in [1.807, 2.05) is 41.0 Å². The predicted molar refractivity (Wildman–Crippen MR) is 122 cm³/mol. The van der Waals surface area contributed by atoms with E-state index in [1.54, 1.807) is 0 Å². The number of unbranched alkanes of at least 4 members (excludes halogenated alkanes) is 3. The van der Waals surface area contributed by atoms with Crippen LogP contribution in [0.3, 0.4) is 0 Å². The molecule has 0 unspecified atom stereocenters. The van der Waals surface area contributed by atoms with Crippen LogP contribution >= 0.6 is 0 Å². The number of nitriles is 1. The average Bonchev–Trinajstić information content (AvgIpc) is 3.19. The topological polar surface area (TPSA) is 104 Å². The lowest BCUT2D eigenvalue weighted by atomic mass is 10.1. The number of nitrogens with zero attached hydrogens (tertiary/aromatic N) is 4. The van der Waals surface area contributed by atoms with Crippen LogP contribution in [0.5, 0.6) is 0 Å². The summed E-state index contributed by atoms with van der Waals surface area (Å²) in [6.45, 7) is 6.59. The summed E-state index contributed by atoms with van der Waals surface area (Å²) in [7, 11) is 0. The lowest BCUT2D eigenvalue weighted by Crippen LogP contribution is -2.10. The zero-order valence-electron chi connectivity index (χ0n) is 17.9. The Bertz CT molecular complexity index is 983. The normalized spacial score (nSPS) is 11.0. The fourth-order valence-electron chi connectivity index (χ4n) is 3.33. The largest absolute Gasteiger partial charge is 0.370 e. The molecule has 3 aromatic rings. The maximum atomic E-state index is 8.97. The minimum Gasteiger partial charge on any atom is -0.370 e. The van der Waals surface area contributed by atoms with Crippen molar-refractivity contribution in [1.82, 2.24) is 14.6 Å². The van der Waals surface area contributed by atoms with Crippen molar-refractivity contribution in [1.29, 1.82) is 5.26 Å². The van der Waals surface area contributed by atoms with Gasteiger partial charge < -0.3 is 16.4 Å². The van der Waals surface area contributed by atoms with Crippen molar-refractivity contribution >= 4 is 17.3 Å². The second-order valence-electron chi connectivity index (χ2n) is 7.81. The van der Waals surface area contributed by atoms with Crippen molar-refractivity contribution in [2.24, 2.45) is 5.73 Å². The van der Waals surface area contributed by atoms with E-state index in [0.717, 1.165) is 54.3 Å². The monoisotopic (exact) mass is 405 g/mol. The fourth-order valence-corrected chi connectivity index (χ4v) is 3.33. The van der Waals surface area contributed by atoms with Gasteiger partial charge in [0, 0.05) is 24.7 Å². The summed E-state index contributed by atoms with van der Waals surface area (Å²) < 4.78 is 1.87. The Labute approximate surface area is 178 Å². The SMILES string of the molecule is CC(C)c1cnn2c(NCc3ccc(C#N)cc3)cc(NCCCCCCN)nc12. The van der Waals surface area contributed by atoms with Crippen LogP contribution in [0.15, 0.2) is 36.5 Å². The smallest absolute Gasteiger partial charge is 0.163 e. The number of hydrogen-bond acceptors (Lipinski definition) is 6. The molecule has 0 bridgehead atoms. The van der Waals surface area contributed by atoms with Crippen LogP contribution in [0, 0.1) is 11.3 Å². The number of anilines is 2. The standard InChI is InChI=1S/C23H31N7/c1-17(2)20-16-28-30-22(27-15-19-9-7-18(14-25)8-10-19)13-21(29-23(20)30)26-12-6-4-3-5-11-24/h7-10,13,16-17,27H,3-6,11-12,15,24H2,1-2H3,(H,26,29). The van der Waals surface area contributed by atoms with Crippen molar-refractivity contribution in [3.8, 4) is 6.07 Å². The molecule has 0 aliphatic heterocycles. The van der Waals surface area contributed by atoms with Gasteiger partial charge in [-0.2, -0.15) is 14.9 Å². The Kier molecular flexibility index (Phi) is 7.63. The number of fused-ring (bicyclic) bond motifs is 1. The van der Waals surface area contributed by atoms with Crippen LogP contribution in [0.25, 0.3) is 5.65 Å². The molecule has 158 valence electrons. The number of hydrogen-bond donors (Lipinski definition) is 3. The summed E-state index contributed by atoms with van der Waals surface area (Å²) in [6, 6.07) is 11.8. The van der Waals surface area contributed by atoms with Gasteiger partial charge in [0.15, 0.2) is 5.65 Å². The molecule has 7 nitrogen and oxygen atoms in total. The average molecular weight is 406 g/mol. The van der Waals surface area contributed by atoms with E-state index in [0.29, 0.717) is 18.0 Å². The molecule has 2 heterocycles. The second-order valence-corrected chi connectivity index (χ2v) is 7.81. The molecule has 0 saturated carbocycles. The number of benzene rings is 1. The van der Waals surface area contributed by atoms with Gasteiger partial charge in [0.2, 0.25) is 0 Å². The highest BCUT2D eigenvalue weighted by molar-refractivity contribution is 5.61. The van der Waals surface area contributed by atoms with Crippen LogP contribution in [0.1, 0.15) is 62.1 Å². The highest BCUT2D eigenvalue weighted by atomic mass is 15.3. The summed E-state index contributed by atoms with van der Waals surface area (Å²) in [5.74, 6) is 2.08. The Hall–Kier alpha value is -3.11. The van der Waals surface area contributed by atoms with Crippen molar-refractivity contribution in [3.05, 3.63) is 53.2 Å². The van der Waals surface area contributed by atoms with E-state index >= 15 is 0 Å². The molecule has 30 heavy (non-hydrogen) atoms. The maximum Gasteiger partial charge on any atom is 0.163 e. The van der Waals surface area contributed by atoms with Gasteiger partial charge >= 0.3 is 0 Å². The maximum absolute atomic E-state index is 8.97. The van der Waals surface area contributed by atoms with E-state index in [4.69, 9.17) is 16.0 Å². The van der Waals surface area contributed by atoms with Crippen LogP contribution in [-0.2, 0) is 6.54 Å². The molecule has 7 heteroatoms. The lowest BCUT2D eigenvalue weighted by Gasteiger charge is -2.13.